The smallest absolute Gasteiger partial charge is 0.238 e. The molecule has 29 heavy (non-hydrogen) atoms. The lowest BCUT2D eigenvalue weighted by molar-refractivity contribution is -0.119. The third-order valence-corrected chi connectivity index (χ3v) is 5.44. The highest BCUT2D eigenvalue weighted by molar-refractivity contribution is 5.92. The Morgan fingerprint density at radius 1 is 1.07 bits per heavy atom. The van der Waals surface area contributed by atoms with Crippen molar-refractivity contribution in [2.24, 2.45) is 0 Å². The molecule has 1 heterocycles. The zero-order valence-corrected chi connectivity index (χ0v) is 18.7. The first kappa shape index (κ1) is 23.4. The van der Waals surface area contributed by atoms with Gasteiger partial charge < -0.3 is 19.9 Å². The molecule has 0 aromatic heterocycles. The Hall–Kier alpha value is -1.83. The van der Waals surface area contributed by atoms with Gasteiger partial charge in [0.15, 0.2) is 0 Å². The Labute approximate surface area is 175 Å². The van der Waals surface area contributed by atoms with Crippen molar-refractivity contribution in [2.45, 2.75) is 58.2 Å². The van der Waals surface area contributed by atoms with Gasteiger partial charge >= 0.3 is 0 Å². The number of hydrogen-bond donors (Lipinski definition) is 2. The van der Waals surface area contributed by atoms with Gasteiger partial charge in [-0.25, -0.2) is 0 Å². The largest absolute Gasteiger partial charge is 0.497 e. The number of rotatable bonds is 9. The quantitative estimate of drug-likeness (QED) is 0.655. The van der Waals surface area contributed by atoms with Crippen LogP contribution in [0.15, 0.2) is 18.2 Å². The van der Waals surface area contributed by atoms with Crippen LogP contribution in [0.25, 0.3) is 0 Å². The topological polar surface area (TPSA) is 74.3 Å². The van der Waals surface area contributed by atoms with Gasteiger partial charge in [0.25, 0.3) is 0 Å². The molecular weight excluding hydrogens is 370 g/mol. The van der Waals surface area contributed by atoms with Crippen LogP contribution >= 0.6 is 0 Å². The number of piperazine rings is 1. The van der Waals surface area contributed by atoms with Gasteiger partial charge in [0.05, 0.1) is 26.4 Å². The monoisotopic (exact) mass is 407 g/mol. The molecule has 1 fully saturated rings. The predicted octanol–water partition coefficient (Wildman–Crippen LogP) is 2.59. The van der Waals surface area contributed by atoms with Gasteiger partial charge in [-0.2, -0.15) is 0 Å². The lowest BCUT2D eigenvalue weighted by atomic mass is 9.99. The summed E-state index contributed by atoms with van der Waals surface area (Å²) in [6.07, 6.45) is 1.94. The molecule has 1 aliphatic rings. The van der Waals surface area contributed by atoms with Crippen LogP contribution in [0.3, 0.4) is 0 Å². The minimum atomic E-state index is -0.726. The number of amides is 1. The van der Waals surface area contributed by atoms with E-state index in [0.29, 0.717) is 36.3 Å². The fourth-order valence-corrected chi connectivity index (χ4v) is 3.99. The van der Waals surface area contributed by atoms with Crippen molar-refractivity contribution >= 4 is 11.6 Å². The molecule has 2 atom stereocenters. The molecule has 2 rings (SSSR count). The first-order valence-electron chi connectivity index (χ1n) is 10.4. The summed E-state index contributed by atoms with van der Waals surface area (Å²) in [6.45, 7) is 10.7. The van der Waals surface area contributed by atoms with E-state index in [1.807, 2.05) is 13.8 Å². The summed E-state index contributed by atoms with van der Waals surface area (Å²) < 4.78 is 10.6. The van der Waals surface area contributed by atoms with E-state index in [1.54, 1.807) is 32.4 Å². The van der Waals surface area contributed by atoms with Crippen molar-refractivity contribution in [2.75, 3.05) is 45.7 Å². The molecule has 164 valence electrons. The zero-order valence-electron chi connectivity index (χ0n) is 18.7. The normalized spacial score (nSPS) is 21.1. The van der Waals surface area contributed by atoms with Crippen LogP contribution in [-0.4, -0.2) is 78.9 Å². The maximum Gasteiger partial charge on any atom is 0.238 e. The molecule has 7 nitrogen and oxygen atoms in total. The molecule has 1 aromatic carbocycles. The average Bonchev–Trinajstić information content (AvgIpc) is 2.67. The highest BCUT2D eigenvalue weighted by atomic mass is 16.5. The standard InChI is InChI=1S/C22H37N3O4/c1-7-17-13-25(15-22(3,4)27)18(8-2)12-24(17)14-21(26)23-16-9-19(28-5)11-20(10-16)29-6/h9-11,17-18,27H,7-8,12-15H2,1-6H3,(H,23,26). The van der Waals surface area contributed by atoms with Crippen LogP contribution in [0.2, 0.25) is 0 Å². The minimum Gasteiger partial charge on any atom is -0.497 e. The number of carbonyl (C=O) groups is 1. The minimum absolute atomic E-state index is 0.0513. The molecule has 0 aliphatic carbocycles. The maximum atomic E-state index is 12.8. The van der Waals surface area contributed by atoms with E-state index in [2.05, 4.69) is 29.0 Å². The van der Waals surface area contributed by atoms with Crippen LogP contribution in [0.5, 0.6) is 11.5 Å². The Morgan fingerprint density at radius 2 is 1.59 bits per heavy atom. The van der Waals surface area contributed by atoms with Gasteiger partial charge in [0.1, 0.15) is 11.5 Å². The van der Waals surface area contributed by atoms with Crippen LogP contribution in [0.1, 0.15) is 40.5 Å². The Bertz CT molecular complexity index is 652. The molecule has 1 saturated heterocycles. The van der Waals surface area contributed by atoms with Gasteiger partial charge in [-0.15, -0.1) is 0 Å². The first-order chi connectivity index (χ1) is 13.7. The zero-order chi connectivity index (χ0) is 21.6. The Kier molecular flexibility index (Phi) is 8.31. The second-order valence-corrected chi connectivity index (χ2v) is 8.44. The summed E-state index contributed by atoms with van der Waals surface area (Å²) in [7, 11) is 3.18. The summed E-state index contributed by atoms with van der Waals surface area (Å²) in [5.41, 5.74) is -0.0663. The fraction of sp³-hybridized carbons (Fsp3) is 0.682. The van der Waals surface area contributed by atoms with E-state index in [0.717, 1.165) is 25.9 Å². The third kappa shape index (κ3) is 6.87. The molecule has 0 spiro atoms. The number of ether oxygens (including phenoxy) is 2. The Balaban J connectivity index is 2.05. The number of methoxy groups -OCH3 is 2. The van der Waals surface area contributed by atoms with Crippen molar-refractivity contribution in [1.82, 2.24) is 9.80 Å². The summed E-state index contributed by atoms with van der Waals surface area (Å²) in [5.74, 6) is 1.22. The van der Waals surface area contributed by atoms with Crippen LogP contribution in [0.4, 0.5) is 5.69 Å². The SMILES string of the molecule is CCC1CN(CC(C)(C)O)C(CC)CN1CC(=O)Nc1cc(OC)cc(OC)c1. The van der Waals surface area contributed by atoms with Crippen LogP contribution < -0.4 is 14.8 Å². The molecule has 0 saturated carbocycles. The van der Waals surface area contributed by atoms with Crippen molar-refractivity contribution in [3.8, 4) is 11.5 Å². The molecule has 2 unspecified atom stereocenters. The van der Waals surface area contributed by atoms with Gasteiger partial charge in [-0.1, -0.05) is 13.8 Å². The van der Waals surface area contributed by atoms with Crippen molar-refractivity contribution in [3.05, 3.63) is 18.2 Å². The Morgan fingerprint density at radius 3 is 2.07 bits per heavy atom. The summed E-state index contributed by atoms with van der Waals surface area (Å²) in [6, 6.07) is 5.96. The van der Waals surface area contributed by atoms with Gasteiger partial charge in [0, 0.05) is 55.6 Å². The third-order valence-electron chi connectivity index (χ3n) is 5.44. The van der Waals surface area contributed by atoms with Crippen molar-refractivity contribution in [1.29, 1.82) is 0 Å². The first-order valence-corrected chi connectivity index (χ1v) is 10.4. The lowest BCUT2D eigenvalue weighted by Gasteiger charge is -2.47. The fourth-order valence-electron chi connectivity index (χ4n) is 3.99. The van der Waals surface area contributed by atoms with E-state index in [-0.39, 0.29) is 11.9 Å². The second kappa shape index (κ2) is 10.3. The molecule has 1 amide bonds. The molecular formula is C22H37N3O4. The summed E-state index contributed by atoms with van der Waals surface area (Å²) >= 11 is 0. The van der Waals surface area contributed by atoms with E-state index < -0.39 is 5.60 Å². The summed E-state index contributed by atoms with van der Waals surface area (Å²) in [5, 5.41) is 13.2. The summed E-state index contributed by atoms with van der Waals surface area (Å²) in [4.78, 5) is 17.4. The average molecular weight is 408 g/mol. The van der Waals surface area contributed by atoms with E-state index in [4.69, 9.17) is 9.47 Å². The molecule has 1 aromatic rings. The number of benzene rings is 1. The maximum absolute atomic E-state index is 12.8. The number of aliphatic hydroxyl groups is 1. The highest BCUT2D eigenvalue weighted by Crippen LogP contribution is 2.26. The number of hydrogen-bond acceptors (Lipinski definition) is 6. The van der Waals surface area contributed by atoms with E-state index in [9.17, 15) is 9.90 Å². The molecule has 1 aliphatic heterocycles. The van der Waals surface area contributed by atoms with Crippen LogP contribution in [-0.2, 0) is 4.79 Å². The number of carbonyl (C=O) groups excluding carboxylic acids is 1. The molecule has 7 heteroatoms. The number of nitrogens with zero attached hydrogens (tertiary/aromatic N) is 2. The van der Waals surface area contributed by atoms with E-state index >= 15 is 0 Å². The van der Waals surface area contributed by atoms with E-state index in [1.165, 1.54) is 0 Å². The van der Waals surface area contributed by atoms with Crippen molar-refractivity contribution < 1.29 is 19.4 Å². The number of anilines is 1. The molecule has 2 N–H and O–H groups in total. The number of nitrogens with one attached hydrogen (secondary N) is 1. The van der Waals surface area contributed by atoms with Gasteiger partial charge in [-0.3, -0.25) is 14.6 Å². The highest BCUT2D eigenvalue weighted by Gasteiger charge is 2.35. The number of β-amino-alcohol motifs (C(OH)–C–C–N with tert-alkyl or cyclic N) is 1. The lowest BCUT2D eigenvalue weighted by Crippen LogP contribution is -2.61. The predicted molar refractivity (Wildman–Crippen MR) is 116 cm³/mol. The molecule has 0 bridgehead atoms. The van der Waals surface area contributed by atoms with Crippen molar-refractivity contribution in [3.63, 3.8) is 0 Å². The van der Waals surface area contributed by atoms with Gasteiger partial charge in [-0.05, 0) is 26.7 Å². The second-order valence-electron chi connectivity index (χ2n) is 8.44. The van der Waals surface area contributed by atoms with Crippen LogP contribution in [0, 0.1) is 0 Å². The van der Waals surface area contributed by atoms with Gasteiger partial charge in [0.2, 0.25) is 5.91 Å². The molecule has 0 radical (unpaired) electrons.